The van der Waals surface area contributed by atoms with Gasteiger partial charge >= 0.3 is 0 Å². The summed E-state index contributed by atoms with van der Waals surface area (Å²) in [6, 6.07) is 9.05. The van der Waals surface area contributed by atoms with Crippen LogP contribution in [0.15, 0.2) is 24.3 Å². The van der Waals surface area contributed by atoms with Gasteiger partial charge in [-0.05, 0) is 68.9 Å². The quantitative estimate of drug-likeness (QED) is 0.849. The lowest BCUT2D eigenvalue weighted by molar-refractivity contribution is -0.114. The fourth-order valence-electron chi connectivity index (χ4n) is 3.12. The van der Waals surface area contributed by atoms with E-state index < -0.39 is 0 Å². The van der Waals surface area contributed by atoms with Crippen LogP contribution < -0.4 is 10.6 Å². The van der Waals surface area contributed by atoms with Crippen LogP contribution in [0.3, 0.4) is 0 Å². The molecule has 0 aromatic heterocycles. The third kappa shape index (κ3) is 4.82. The summed E-state index contributed by atoms with van der Waals surface area (Å²) in [5.41, 5.74) is 2.20. The van der Waals surface area contributed by atoms with Crippen molar-refractivity contribution in [1.82, 2.24) is 10.2 Å². The molecule has 22 heavy (non-hydrogen) atoms. The van der Waals surface area contributed by atoms with E-state index in [4.69, 9.17) is 0 Å². The summed E-state index contributed by atoms with van der Waals surface area (Å²) in [5.74, 6) is 0.841. The predicted molar refractivity (Wildman–Crippen MR) is 89.8 cm³/mol. The Balaban J connectivity index is 1.40. The van der Waals surface area contributed by atoms with E-state index in [0.717, 1.165) is 24.2 Å². The fraction of sp³-hybridized carbons (Fsp3) is 0.611. The molecule has 2 aliphatic rings. The van der Waals surface area contributed by atoms with Crippen molar-refractivity contribution < 1.29 is 4.79 Å². The van der Waals surface area contributed by atoms with Gasteiger partial charge in [-0.3, -0.25) is 9.69 Å². The minimum atomic E-state index is -0.0189. The first-order valence-electron chi connectivity index (χ1n) is 8.51. The van der Waals surface area contributed by atoms with E-state index in [2.05, 4.69) is 27.7 Å². The molecular formula is C18H27N3O. The molecule has 1 aliphatic heterocycles. The zero-order chi connectivity index (χ0) is 15.4. The monoisotopic (exact) mass is 301 g/mol. The molecule has 1 amide bonds. The van der Waals surface area contributed by atoms with Crippen LogP contribution in [-0.4, -0.2) is 36.5 Å². The molecule has 2 fully saturated rings. The summed E-state index contributed by atoms with van der Waals surface area (Å²) in [4.78, 5) is 13.6. The Bertz CT molecular complexity index is 488. The second-order valence-electron chi connectivity index (χ2n) is 6.78. The Labute approximate surface area is 133 Å². The number of piperidine rings is 1. The summed E-state index contributed by atoms with van der Waals surface area (Å²) in [5, 5.41) is 6.47. The Hall–Kier alpha value is -1.39. The van der Waals surface area contributed by atoms with E-state index in [9.17, 15) is 4.79 Å². The van der Waals surface area contributed by atoms with Gasteiger partial charge in [0.25, 0.3) is 0 Å². The van der Waals surface area contributed by atoms with Crippen molar-refractivity contribution >= 4 is 11.6 Å². The van der Waals surface area contributed by atoms with Gasteiger partial charge in [0.05, 0.1) is 0 Å². The molecule has 4 nitrogen and oxygen atoms in total. The number of carbonyl (C=O) groups is 1. The number of benzene rings is 1. The van der Waals surface area contributed by atoms with Gasteiger partial charge in [-0.1, -0.05) is 12.1 Å². The minimum absolute atomic E-state index is 0.0189. The van der Waals surface area contributed by atoms with Gasteiger partial charge in [-0.25, -0.2) is 0 Å². The van der Waals surface area contributed by atoms with Gasteiger partial charge in [0, 0.05) is 25.2 Å². The SMILES string of the molecule is CC(=O)Nc1ccc(CN2CCC(CNC3CC3)CC2)cc1. The molecule has 1 saturated heterocycles. The van der Waals surface area contributed by atoms with Crippen LogP contribution in [0.4, 0.5) is 5.69 Å². The molecule has 0 bridgehead atoms. The minimum Gasteiger partial charge on any atom is -0.326 e. The highest BCUT2D eigenvalue weighted by atomic mass is 16.1. The smallest absolute Gasteiger partial charge is 0.221 e. The highest BCUT2D eigenvalue weighted by molar-refractivity contribution is 5.88. The third-order valence-electron chi connectivity index (χ3n) is 4.66. The van der Waals surface area contributed by atoms with Crippen molar-refractivity contribution in [3.8, 4) is 0 Å². The standard InChI is InChI=1S/C18H27N3O/c1-14(22)20-18-4-2-16(3-5-18)13-21-10-8-15(9-11-21)12-19-17-6-7-17/h2-5,15,17,19H,6-13H2,1H3,(H,20,22). The highest BCUT2D eigenvalue weighted by Crippen LogP contribution is 2.22. The Morgan fingerprint density at radius 3 is 2.41 bits per heavy atom. The van der Waals surface area contributed by atoms with E-state index in [-0.39, 0.29) is 5.91 Å². The predicted octanol–water partition coefficient (Wildman–Crippen LogP) is 2.61. The van der Waals surface area contributed by atoms with Crippen molar-refractivity contribution in [3.05, 3.63) is 29.8 Å². The van der Waals surface area contributed by atoms with Crippen LogP contribution in [-0.2, 0) is 11.3 Å². The van der Waals surface area contributed by atoms with E-state index in [1.54, 1.807) is 0 Å². The second kappa shape index (κ2) is 7.25. The van der Waals surface area contributed by atoms with Crippen LogP contribution in [0.25, 0.3) is 0 Å². The Morgan fingerprint density at radius 2 is 1.82 bits per heavy atom. The molecule has 3 rings (SSSR count). The molecule has 120 valence electrons. The van der Waals surface area contributed by atoms with Gasteiger partial charge in [0.1, 0.15) is 0 Å². The van der Waals surface area contributed by atoms with E-state index in [0.29, 0.717) is 0 Å². The molecule has 1 heterocycles. The molecular weight excluding hydrogens is 274 g/mol. The van der Waals surface area contributed by atoms with Crippen molar-refractivity contribution in [2.24, 2.45) is 5.92 Å². The number of carbonyl (C=O) groups excluding carboxylic acids is 1. The molecule has 1 aliphatic carbocycles. The molecule has 0 atom stereocenters. The zero-order valence-electron chi connectivity index (χ0n) is 13.5. The maximum absolute atomic E-state index is 11.0. The second-order valence-corrected chi connectivity index (χ2v) is 6.78. The number of nitrogens with one attached hydrogen (secondary N) is 2. The summed E-state index contributed by atoms with van der Waals surface area (Å²) < 4.78 is 0. The number of hydrogen-bond acceptors (Lipinski definition) is 3. The first-order valence-corrected chi connectivity index (χ1v) is 8.51. The molecule has 0 spiro atoms. The van der Waals surface area contributed by atoms with E-state index in [1.807, 2.05) is 12.1 Å². The lowest BCUT2D eigenvalue weighted by Gasteiger charge is -2.32. The topological polar surface area (TPSA) is 44.4 Å². The largest absolute Gasteiger partial charge is 0.326 e. The van der Waals surface area contributed by atoms with Gasteiger partial charge < -0.3 is 10.6 Å². The third-order valence-corrected chi connectivity index (χ3v) is 4.66. The highest BCUT2D eigenvalue weighted by Gasteiger charge is 2.24. The van der Waals surface area contributed by atoms with Crippen molar-refractivity contribution in [1.29, 1.82) is 0 Å². The average Bonchev–Trinajstić information content (AvgIpc) is 3.32. The summed E-state index contributed by atoms with van der Waals surface area (Å²) in [7, 11) is 0. The number of hydrogen-bond donors (Lipinski definition) is 2. The molecule has 0 radical (unpaired) electrons. The summed E-state index contributed by atoms with van der Waals surface area (Å²) in [6.45, 7) is 6.16. The average molecular weight is 301 g/mol. The summed E-state index contributed by atoms with van der Waals surface area (Å²) >= 11 is 0. The lowest BCUT2D eigenvalue weighted by Crippen LogP contribution is -2.37. The van der Waals surface area contributed by atoms with Gasteiger partial charge in [-0.2, -0.15) is 0 Å². The molecule has 1 aromatic rings. The Kier molecular flexibility index (Phi) is 5.11. The van der Waals surface area contributed by atoms with Crippen LogP contribution in [0.1, 0.15) is 38.2 Å². The van der Waals surface area contributed by atoms with Crippen LogP contribution >= 0.6 is 0 Å². The fourth-order valence-corrected chi connectivity index (χ4v) is 3.12. The number of anilines is 1. The molecule has 1 saturated carbocycles. The van der Waals surface area contributed by atoms with Crippen molar-refractivity contribution in [2.45, 2.75) is 45.2 Å². The Morgan fingerprint density at radius 1 is 1.14 bits per heavy atom. The molecule has 4 heteroatoms. The van der Waals surface area contributed by atoms with Crippen LogP contribution in [0.5, 0.6) is 0 Å². The number of likely N-dealkylation sites (tertiary alicyclic amines) is 1. The van der Waals surface area contributed by atoms with Crippen LogP contribution in [0, 0.1) is 5.92 Å². The molecule has 1 aromatic carbocycles. The van der Waals surface area contributed by atoms with Gasteiger partial charge in [0.15, 0.2) is 0 Å². The van der Waals surface area contributed by atoms with Crippen LogP contribution in [0.2, 0.25) is 0 Å². The maximum Gasteiger partial charge on any atom is 0.221 e. The number of nitrogens with zero attached hydrogens (tertiary/aromatic N) is 1. The van der Waals surface area contributed by atoms with Crippen molar-refractivity contribution in [2.75, 3.05) is 25.0 Å². The zero-order valence-corrected chi connectivity index (χ0v) is 13.5. The number of rotatable bonds is 6. The first kappa shape index (κ1) is 15.5. The van der Waals surface area contributed by atoms with Crippen molar-refractivity contribution in [3.63, 3.8) is 0 Å². The van der Waals surface area contributed by atoms with E-state index in [1.165, 1.54) is 57.8 Å². The van der Waals surface area contributed by atoms with Gasteiger partial charge in [0.2, 0.25) is 5.91 Å². The number of amides is 1. The molecule has 0 unspecified atom stereocenters. The lowest BCUT2D eigenvalue weighted by atomic mass is 9.96. The normalized spacial score (nSPS) is 20.0. The summed E-state index contributed by atoms with van der Waals surface area (Å²) in [6.07, 6.45) is 5.38. The van der Waals surface area contributed by atoms with Gasteiger partial charge in [-0.15, -0.1) is 0 Å². The van der Waals surface area contributed by atoms with E-state index >= 15 is 0 Å². The molecule has 2 N–H and O–H groups in total. The maximum atomic E-state index is 11.0. The first-order chi connectivity index (χ1) is 10.7.